The first-order valence-electron chi connectivity index (χ1n) is 14.3. The van der Waals surface area contributed by atoms with Crippen LogP contribution in [0.3, 0.4) is 0 Å². The average Bonchev–Trinajstić information content (AvgIpc) is 3.67. The van der Waals surface area contributed by atoms with Gasteiger partial charge in [-0.3, -0.25) is 9.59 Å². The number of hydrogen-bond acceptors (Lipinski definition) is 8. The summed E-state index contributed by atoms with van der Waals surface area (Å²) in [6.07, 6.45) is -0.434. The minimum Gasteiger partial charge on any atom is -0.469 e. The number of carbonyl (C=O) groups is 3. The fourth-order valence-electron chi connectivity index (χ4n) is 6.32. The molecule has 43 heavy (non-hydrogen) atoms. The molecule has 7 rings (SSSR count). The second-order valence-corrected chi connectivity index (χ2v) is 11.4. The summed E-state index contributed by atoms with van der Waals surface area (Å²) in [7, 11) is 0. The van der Waals surface area contributed by atoms with Crippen LogP contribution in [0.4, 0.5) is 10.5 Å². The summed E-state index contributed by atoms with van der Waals surface area (Å²) in [5, 5.41) is 9.23. The van der Waals surface area contributed by atoms with Gasteiger partial charge < -0.3 is 29.8 Å². The molecule has 1 spiro atoms. The number of anilines is 1. The molecule has 4 atom stereocenters. The average molecular weight is 579 g/mol. The van der Waals surface area contributed by atoms with Crippen molar-refractivity contribution < 1.29 is 28.3 Å². The molecule has 4 aromatic rings. The first kappa shape index (κ1) is 26.8. The fourth-order valence-corrected chi connectivity index (χ4v) is 6.32. The third-order valence-electron chi connectivity index (χ3n) is 8.38. The second-order valence-electron chi connectivity index (χ2n) is 11.4. The molecule has 0 radical (unpaired) electrons. The van der Waals surface area contributed by atoms with Gasteiger partial charge in [0.1, 0.15) is 35.5 Å². The maximum Gasteiger partial charge on any atom is 0.408 e. The van der Waals surface area contributed by atoms with Gasteiger partial charge in [0.2, 0.25) is 11.8 Å². The number of alkyl carbamates (subject to hydrolysis) is 1. The van der Waals surface area contributed by atoms with Gasteiger partial charge in [-0.05, 0) is 34.7 Å². The van der Waals surface area contributed by atoms with Crippen LogP contribution in [0.1, 0.15) is 64.3 Å². The molecular formula is C33H30N4O6. The van der Waals surface area contributed by atoms with E-state index in [1.165, 1.54) is 0 Å². The van der Waals surface area contributed by atoms with Crippen LogP contribution in [0, 0.1) is 5.92 Å². The smallest absolute Gasteiger partial charge is 0.408 e. The molecule has 10 nitrogen and oxygen atoms in total. The van der Waals surface area contributed by atoms with Gasteiger partial charge in [0, 0.05) is 17.7 Å². The molecule has 0 aliphatic carbocycles. The van der Waals surface area contributed by atoms with E-state index in [9.17, 15) is 14.4 Å². The molecule has 2 unspecified atom stereocenters. The van der Waals surface area contributed by atoms with Gasteiger partial charge in [0.05, 0.1) is 0 Å². The lowest BCUT2D eigenvalue weighted by atomic mass is 9.72. The molecule has 0 saturated heterocycles. The van der Waals surface area contributed by atoms with Gasteiger partial charge >= 0.3 is 6.09 Å². The number of carbonyl (C=O) groups excluding carboxylic acids is 3. The fraction of sp³-hybridized carbons (Fsp3) is 0.273. The van der Waals surface area contributed by atoms with Crippen LogP contribution < -0.4 is 20.7 Å². The highest BCUT2D eigenvalue weighted by Crippen LogP contribution is 2.58. The number of aldehydes is 1. The van der Waals surface area contributed by atoms with Gasteiger partial charge in [-0.15, -0.1) is 0 Å². The highest BCUT2D eigenvalue weighted by molar-refractivity contribution is 5.86. The van der Waals surface area contributed by atoms with E-state index in [1.54, 1.807) is 0 Å². The number of rotatable bonds is 5. The van der Waals surface area contributed by atoms with E-state index in [0.717, 1.165) is 27.9 Å². The minimum absolute atomic E-state index is 0.0652. The Balaban J connectivity index is 1.34. The Morgan fingerprint density at radius 3 is 2.67 bits per heavy atom. The number of hydrogen-bond donors (Lipinski definition) is 3. The maximum atomic E-state index is 13.8. The number of oxazole rings is 1. The third-order valence-corrected chi connectivity index (χ3v) is 8.38. The van der Waals surface area contributed by atoms with Crippen LogP contribution in [0.15, 0.2) is 77.2 Å². The summed E-state index contributed by atoms with van der Waals surface area (Å²) >= 11 is 0. The van der Waals surface area contributed by atoms with Crippen LogP contribution in [0.5, 0.6) is 5.75 Å². The number of amides is 2. The molecule has 2 amide bonds. The molecule has 3 aliphatic rings. The first-order valence-corrected chi connectivity index (χ1v) is 14.3. The Morgan fingerprint density at radius 1 is 1.09 bits per heavy atom. The predicted molar refractivity (Wildman–Crippen MR) is 156 cm³/mol. The van der Waals surface area contributed by atoms with E-state index in [2.05, 4.69) is 20.9 Å². The topological polar surface area (TPSA) is 132 Å². The number of benzene rings is 3. The molecule has 0 saturated carbocycles. The summed E-state index contributed by atoms with van der Waals surface area (Å²) in [6.45, 7) is 3.91. The lowest BCUT2D eigenvalue weighted by molar-refractivity contribution is -0.124. The molecule has 1 aromatic heterocycles. The molecule has 3 aliphatic heterocycles. The summed E-state index contributed by atoms with van der Waals surface area (Å²) < 4.78 is 18.4. The SMILES string of the molecule is CC(C)[C@@H]1NC(=O)[C@@H](NC(=O)OCc2ccccc2)Cc2ccc3c(c2)C2(c4ccccc4NC2O3)c2oc1nc2C=O. The quantitative estimate of drug-likeness (QED) is 0.292. The molecule has 3 aromatic carbocycles. The molecule has 3 N–H and O–H groups in total. The highest BCUT2D eigenvalue weighted by atomic mass is 16.5. The molecule has 4 bridgehead atoms. The predicted octanol–water partition coefficient (Wildman–Crippen LogP) is 4.63. The number of aromatic nitrogens is 1. The standard InChI is InChI=1S/C33H30N4O6/c1-18(2)27-30-34-25(16-38)28(43-30)33-21-10-6-7-11-23(21)35-31(33)42-26-13-12-20(14-22(26)33)15-24(29(39)37-27)36-32(40)41-17-19-8-4-3-5-9-19/h3-14,16,18,24,27,31,35H,15,17H2,1-2H3,(H,36,40)(H,37,39)/t24-,27-,31?,33?/m0/s1. The highest BCUT2D eigenvalue weighted by Gasteiger charge is 2.60. The Kier molecular flexibility index (Phi) is 6.41. The normalized spacial score (nSPS) is 23.0. The van der Waals surface area contributed by atoms with E-state index >= 15 is 0 Å². The van der Waals surface area contributed by atoms with Crippen molar-refractivity contribution in [3.8, 4) is 5.75 Å². The number of fused-ring (bicyclic) bond motifs is 4. The summed E-state index contributed by atoms with van der Waals surface area (Å²) in [5.41, 5.74) is 3.28. The van der Waals surface area contributed by atoms with Gasteiger partial charge in [-0.2, -0.15) is 0 Å². The van der Waals surface area contributed by atoms with Crippen LogP contribution in [0.25, 0.3) is 0 Å². The van der Waals surface area contributed by atoms with E-state index in [1.807, 2.05) is 86.6 Å². The second kappa shape index (κ2) is 10.3. The lowest BCUT2D eigenvalue weighted by Gasteiger charge is -2.28. The molecular weight excluding hydrogens is 548 g/mol. The van der Waals surface area contributed by atoms with Crippen molar-refractivity contribution in [2.75, 3.05) is 5.32 Å². The lowest BCUT2D eigenvalue weighted by Crippen LogP contribution is -2.49. The molecule has 10 heteroatoms. The van der Waals surface area contributed by atoms with E-state index in [0.29, 0.717) is 17.8 Å². The Labute approximate surface area is 247 Å². The Morgan fingerprint density at radius 2 is 1.88 bits per heavy atom. The van der Waals surface area contributed by atoms with Crippen molar-refractivity contribution in [2.24, 2.45) is 5.92 Å². The number of ether oxygens (including phenoxy) is 2. The van der Waals surface area contributed by atoms with E-state index in [-0.39, 0.29) is 30.5 Å². The largest absolute Gasteiger partial charge is 0.469 e. The van der Waals surface area contributed by atoms with Crippen molar-refractivity contribution in [3.63, 3.8) is 0 Å². The molecule has 4 heterocycles. The van der Waals surface area contributed by atoms with Crippen LogP contribution >= 0.6 is 0 Å². The Bertz CT molecular complexity index is 1730. The van der Waals surface area contributed by atoms with Crippen molar-refractivity contribution in [1.82, 2.24) is 15.6 Å². The number of nitrogens with one attached hydrogen (secondary N) is 3. The zero-order valence-electron chi connectivity index (χ0n) is 23.6. The Hall–Kier alpha value is -5.12. The van der Waals surface area contributed by atoms with Crippen molar-refractivity contribution in [1.29, 1.82) is 0 Å². The minimum atomic E-state index is -1.01. The van der Waals surface area contributed by atoms with Crippen LogP contribution in [0.2, 0.25) is 0 Å². The molecule has 218 valence electrons. The van der Waals surface area contributed by atoms with Crippen molar-refractivity contribution >= 4 is 24.0 Å². The van der Waals surface area contributed by atoms with Crippen molar-refractivity contribution in [3.05, 3.63) is 112 Å². The first-order chi connectivity index (χ1) is 20.9. The zero-order valence-corrected chi connectivity index (χ0v) is 23.6. The van der Waals surface area contributed by atoms with E-state index < -0.39 is 35.7 Å². The zero-order chi connectivity index (χ0) is 29.7. The van der Waals surface area contributed by atoms with Gasteiger partial charge in [-0.25, -0.2) is 9.78 Å². The third kappa shape index (κ3) is 4.32. The maximum absolute atomic E-state index is 13.8. The number of nitrogens with zero attached hydrogens (tertiary/aromatic N) is 1. The van der Waals surface area contributed by atoms with Crippen LogP contribution in [-0.2, 0) is 28.0 Å². The van der Waals surface area contributed by atoms with Crippen molar-refractivity contribution in [2.45, 2.75) is 50.6 Å². The number of para-hydroxylation sites is 1. The van der Waals surface area contributed by atoms with Gasteiger partial charge in [-0.1, -0.05) is 74.5 Å². The summed E-state index contributed by atoms with van der Waals surface area (Å²) in [5.74, 6) is 0.600. The summed E-state index contributed by atoms with van der Waals surface area (Å²) in [6, 6.07) is 21.2. The summed E-state index contributed by atoms with van der Waals surface area (Å²) in [4.78, 5) is 43.8. The van der Waals surface area contributed by atoms with Gasteiger partial charge in [0.25, 0.3) is 0 Å². The molecule has 0 fully saturated rings. The monoisotopic (exact) mass is 578 g/mol. The van der Waals surface area contributed by atoms with Gasteiger partial charge in [0.15, 0.2) is 18.3 Å². The van der Waals surface area contributed by atoms with Crippen LogP contribution in [-0.4, -0.2) is 35.5 Å². The van der Waals surface area contributed by atoms with E-state index in [4.69, 9.17) is 13.9 Å².